The summed E-state index contributed by atoms with van der Waals surface area (Å²) in [4.78, 5) is 33.3. The van der Waals surface area contributed by atoms with Crippen LogP contribution in [0, 0.1) is 6.92 Å². The highest BCUT2D eigenvalue weighted by Crippen LogP contribution is 2.23. The maximum Gasteiger partial charge on any atom is 0.321 e. The van der Waals surface area contributed by atoms with Gasteiger partial charge in [0.15, 0.2) is 0 Å². The second-order valence-electron chi connectivity index (χ2n) is 7.48. The van der Waals surface area contributed by atoms with E-state index in [0.29, 0.717) is 57.3 Å². The van der Waals surface area contributed by atoms with Crippen LogP contribution in [0.3, 0.4) is 0 Å². The second kappa shape index (κ2) is 9.13. The lowest BCUT2D eigenvalue weighted by molar-refractivity contribution is 0.0298. The van der Waals surface area contributed by atoms with Crippen molar-refractivity contribution in [1.29, 1.82) is 0 Å². The summed E-state index contributed by atoms with van der Waals surface area (Å²) < 4.78 is 11.4. The first kappa shape index (κ1) is 20.2. The lowest BCUT2D eigenvalue weighted by Gasteiger charge is -2.27. The normalized spacial score (nSPS) is 18.9. The van der Waals surface area contributed by atoms with E-state index in [1.807, 2.05) is 31.2 Å². The summed E-state index contributed by atoms with van der Waals surface area (Å²) in [6.07, 6.45) is 2.09. The van der Waals surface area contributed by atoms with E-state index in [9.17, 15) is 9.59 Å². The van der Waals surface area contributed by atoms with Crippen LogP contribution in [0.15, 0.2) is 42.6 Å². The molecule has 0 saturated carbocycles. The largest absolute Gasteiger partial charge is 0.472 e. The van der Waals surface area contributed by atoms with E-state index in [4.69, 9.17) is 9.47 Å². The number of likely N-dealkylation sites (tertiary alicyclic amines) is 1. The zero-order valence-electron chi connectivity index (χ0n) is 17.0. The number of aryl methyl sites for hydroxylation is 1. The molecule has 3 amide bonds. The molecule has 1 aromatic heterocycles. The fraction of sp³-hybridized carbons (Fsp3) is 0.409. The first-order chi connectivity index (χ1) is 14.6. The molecular formula is C22H26N4O4. The van der Waals surface area contributed by atoms with Gasteiger partial charge in [0.05, 0.1) is 19.8 Å². The van der Waals surface area contributed by atoms with Gasteiger partial charge in [-0.15, -0.1) is 0 Å². The topological polar surface area (TPSA) is 84.0 Å². The number of morpholine rings is 1. The molecular weight excluding hydrogens is 384 g/mol. The van der Waals surface area contributed by atoms with Crippen LogP contribution in [0.4, 0.5) is 10.5 Å². The van der Waals surface area contributed by atoms with Gasteiger partial charge >= 0.3 is 6.03 Å². The van der Waals surface area contributed by atoms with E-state index in [2.05, 4.69) is 10.3 Å². The van der Waals surface area contributed by atoms with Crippen molar-refractivity contribution in [2.45, 2.75) is 19.4 Å². The predicted molar refractivity (Wildman–Crippen MR) is 112 cm³/mol. The lowest BCUT2D eigenvalue weighted by Crippen LogP contribution is -2.41. The number of para-hydroxylation sites is 1. The summed E-state index contributed by atoms with van der Waals surface area (Å²) >= 11 is 0. The number of anilines is 1. The molecule has 8 nitrogen and oxygen atoms in total. The van der Waals surface area contributed by atoms with Gasteiger partial charge in [0.2, 0.25) is 5.88 Å². The second-order valence-corrected chi connectivity index (χ2v) is 7.48. The Morgan fingerprint density at radius 2 is 1.90 bits per heavy atom. The number of benzene rings is 1. The number of amides is 3. The zero-order chi connectivity index (χ0) is 20.9. The zero-order valence-corrected chi connectivity index (χ0v) is 17.0. The smallest absolute Gasteiger partial charge is 0.321 e. The van der Waals surface area contributed by atoms with Gasteiger partial charge in [0.1, 0.15) is 11.7 Å². The van der Waals surface area contributed by atoms with Crippen LogP contribution in [-0.4, -0.2) is 72.2 Å². The van der Waals surface area contributed by atoms with Crippen molar-refractivity contribution in [3.05, 3.63) is 53.7 Å². The molecule has 0 aliphatic carbocycles. The molecule has 1 atom stereocenters. The molecule has 0 bridgehead atoms. The van der Waals surface area contributed by atoms with Gasteiger partial charge in [0, 0.05) is 37.9 Å². The van der Waals surface area contributed by atoms with Gasteiger partial charge in [-0.2, -0.15) is 0 Å². The summed E-state index contributed by atoms with van der Waals surface area (Å²) in [7, 11) is 0. The minimum absolute atomic E-state index is 0.103. The third kappa shape index (κ3) is 4.54. The van der Waals surface area contributed by atoms with Crippen molar-refractivity contribution >= 4 is 17.6 Å². The quantitative estimate of drug-likeness (QED) is 0.838. The van der Waals surface area contributed by atoms with Crippen molar-refractivity contribution < 1.29 is 19.1 Å². The third-order valence-electron chi connectivity index (χ3n) is 5.40. The van der Waals surface area contributed by atoms with E-state index < -0.39 is 0 Å². The average Bonchev–Trinajstić information content (AvgIpc) is 3.24. The summed E-state index contributed by atoms with van der Waals surface area (Å²) in [5.41, 5.74) is 2.26. The molecule has 8 heteroatoms. The molecule has 2 saturated heterocycles. The van der Waals surface area contributed by atoms with Gasteiger partial charge < -0.3 is 24.6 Å². The summed E-state index contributed by atoms with van der Waals surface area (Å²) in [6, 6.07) is 11.0. The number of pyridine rings is 1. The molecule has 0 radical (unpaired) electrons. The maximum absolute atomic E-state index is 12.9. The molecule has 2 aliphatic rings. The molecule has 2 fully saturated rings. The Kier molecular flexibility index (Phi) is 6.13. The van der Waals surface area contributed by atoms with Gasteiger partial charge in [-0.25, -0.2) is 9.78 Å². The van der Waals surface area contributed by atoms with Crippen LogP contribution in [0.5, 0.6) is 5.88 Å². The number of nitrogens with one attached hydrogen (secondary N) is 1. The highest BCUT2D eigenvalue weighted by molar-refractivity contribution is 5.96. The molecule has 0 spiro atoms. The number of carbonyl (C=O) groups is 2. The van der Waals surface area contributed by atoms with E-state index >= 15 is 0 Å². The molecule has 2 aromatic rings. The standard InChI is InChI=1S/C22H26N4O4/c1-16-5-2-3-7-19(16)24-22(28)26-10-8-17(15-26)30-20-18(6-4-9-23-20)21(27)25-11-13-29-14-12-25/h2-7,9,17H,8,10-15H2,1H3,(H,24,28). The fourth-order valence-electron chi connectivity index (χ4n) is 3.66. The Hall–Kier alpha value is -3.13. The van der Waals surface area contributed by atoms with Crippen LogP contribution >= 0.6 is 0 Å². The highest BCUT2D eigenvalue weighted by Gasteiger charge is 2.30. The average molecular weight is 410 g/mol. The van der Waals surface area contributed by atoms with Crippen molar-refractivity contribution in [2.24, 2.45) is 0 Å². The molecule has 1 unspecified atom stereocenters. The van der Waals surface area contributed by atoms with Crippen LogP contribution < -0.4 is 10.1 Å². The highest BCUT2D eigenvalue weighted by atomic mass is 16.5. The van der Waals surface area contributed by atoms with E-state index in [1.165, 1.54) is 0 Å². The number of hydrogen-bond donors (Lipinski definition) is 1. The Bertz CT molecular complexity index is 914. The first-order valence-corrected chi connectivity index (χ1v) is 10.2. The van der Waals surface area contributed by atoms with Crippen molar-refractivity contribution in [1.82, 2.24) is 14.8 Å². The lowest BCUT2D eigenvalue weighted by atomic mass is 10.2. The predicted octanol–water partition coefficient (Wildman–Crippen LogP) is 2.55. The number of urea groups is 1. The number of carbonyl (C=O) groups excluding carboxylic acids is 2. The number of hydrogen-bond acceptors (Lipinski definition) is 5. The van der Waals surface area contributed by atoms with Crippen LogP contribution in [0.2, 0.25) is 0 Å². The van der Waals surface area contributed by atoms with E-state index in [-0.39, 0.29) is 18.0 Å². The monoisotopic (exact) mass is 410 g/mol. The SMILES string of the molecule is Cc1ccccc1NC(=O)N1CCC(Oc2ncccc2C(=O)N2CCOCC2)C1. The molecule has 1 aromatic carbocycles. The van der Waals surface area contributed by atoms with Gasteiger partial charge in [-0.1, -0.05) is 18.2 Å². The third-order valence-corrected chi connectivity index (χ3v) is 5.40. The molecule has 2 aliphatic heterocycles. The minimum Gasteiger partial charge on any atom is -0.472 e. The van der Waals surface area contributed by atoms with Crippen molar-refractivity contribution in [3.63, 3.8) is 0 Å². The molecule has 30 heavy (non-hydrogen) atoms. The van der Waals surface area contributed by atoms with Crippen LogP contribution in [0.1, 0.15) is 22.3 Å². The first-order valence-electron chi connectivity index (χ1n) is 10.2. The van der Waals surface area contributed by atoms with Gasteiger partial charge in [-0.3, -0.25) is 4.79 Å². The minimum atomic E-state index is -0.209. The number of ether oxygens (including phenoxy) is 2. The van der Waals surface area contributed by atoms with Gasteiger partial charge in [0.25, 0.3) is 5.91 Å². The Morgan fingerprint density at radius 1 is 1.10 bits per heavy atom. The Morgan fingerprint density at radius 3 is 2.70 bits per heavy atom. The Balaban J connectivity index is 1.38. The Labute approximate surface area is 175 Å². The van der Waals surface area contributed by atoms with E-state index in [1.54, 1.807) is 28.1 Å². The van der Waals surface area contributed by atoms with Crippen molar-refractivity contribution in [3.8, 4) is 5.88 Å². The number of rotatable bonds is 4. The van der Waals surface area contributed by atoms with Crippen LogP contribution in [0.25, 0.3) is 0 Å². The molecule has 3 heterocycles. The van der Waals surface area contributed by atoms with E-state index in [0.717, 1.165) is 11.3 Å². The van der Waals surface area contributed by atoms with Crippen molar-refractivity contribution in [2.75, 3.05) is 44.7 Å². The summed E-state index contributed by atoms with van der Waals surface area (Å²) in [5.74, 6) is 0.216. The fourth-order valence-corrected chi connectivity index (χ4v) is 3.66. The van der Waals surface area contributed by atoms with Crippen LogP contribution in [-0.2, 0) is 4.74 Å². The summed E-state index contributed by atoms with van der Waals surface area (Å²) in [6.45, 7) is 5.18. The molecule has 1 N–H and O–H groups in total. The number of aromatic nitrogens is 1. The van der Waals surface area contributed by atoms with Gasteiger partial charge in [-0.05, 0) is 30.7 Å². The maximum atomic E-state index is 12.9. The number of nitrogens with zero attached hydrogens (tertiary/aromatic N) is 3. The molecule has 4 rings (SSSR count). The summed E-state index contributed by atoms with van der Waals surface area (Å²) in [5, 5.41) is 2.95. The molecule has 158 valence electrons.